The molecule has 0 radical (unpaired) electrons. The molecule has 0 saturated carbocycles. The second kappa shape index (κ2) is 6.78. The molecule has 3 heteroatoms. The zero-order chi connectivity index (χ0) is 18.9. The SMILES string of the molecule is Cc1c(-c2cccc(-c3ccccn3)c2)oc2ccc(-c3ccncc3)cc12. The zero-order valence-electron chi connectivity index (χ0n) is 15.5. The van der Waals surface area contributed by atoms with Crippen molar-refractivity contribution in [3.63, 3.8) is 0 Å². The quantitative estimate of drug-likeness (QED) is 0.366. The van der Waals surface area contributed by atoms with Crippen LogP contribution in [0.2, 0.25) is 0 Å². The monoisotopic (exact) mass is 362 g/mol. The van der Waals surface area contributed by atoms with Crippen LogP contribution in [0, 0.1) is 6.92 Å². The molecule has 3 nitrogen and oxygen atoms in total. The molecular weight excluding hydrogens is 344 g/mol. The Hall–Kier alpha value is -3.72. The summed E-state index contributed by atoms with van der Waals surface area (Å²) in [6.07, 6.45) is 5.45. The lowest BCUT2D eigenvalue weighted by molar-refractivity contribution is 0.629. The van der Waals surface area contributed by atoms with Gasteiger partial charge in [-0.15, -0.1) is 0 Å². The van der Waals surface area contributed by atoms with Gasteiger partial charge in [-0.25, -0.2) is 0 Å². The number of aromatic nitrogens is 2. The lowest BCUT2D eigenvalue weighted by Crippen LogP contribution is -1.84. The molecule has 28 heavy (non-hydrogen) atoms. The molecule has 3 aromatic heterocycles. The van der Waals surface area contributed by atoms with E-state index in [0.29, 0.717) is 0 Å². The third-order valence-electron chi connectivity index (χ3n) is 5.04. The lowest BCUT2D eigenvalue weighted by atomic mass is 10.0. The molecule has 5 rings (SSSR count). The smallest absolute Gasteiger partial charge is 0.138 e. The molecule has 0 spiro atoms. The maximum atomic E-state index is 6.23. The Bertz CT molecular complexity index is 1260. The standard InChI is InChI=1S/C25H18N2O/c1-17-22-16-19(18-10-13-26-14-11-18)8-9-24(22)28-25(17)21-6-4-5-20(15-21)23-7-2-3-12-27-23/h2-16H,1H3. The van der Waals surface area contributed by atoms with Gasteiger partial charge in [-0.2, -0.15) is 0 Å². The number of nitrogens with zero attached hydrogens (tertiary/aromatic N) is 2. The van der Waals surface area contributed by atoms with E-state index in [-0.39, 0.29) is 0 Å². The minimum atomic E-state index is 0.897. The minimum absolute atomic E-state index is 0.897. The second-order valence-corrected chi connectivity index (χ2v) is 6.80. The molecule has 0 aliphatic rings. The van der Waals surface area contributed by atoms with Crippen molar-refractivity contribution >= 4 is 11.0 Å². The Balaban J connectivity index is 1.61. The van der Waals surface area contributed by atoms with Gasteiger partial charge in [0.1, 0.15) is 11.3 Å². The topological polar surface area (TPSA) is 38.9 Å². The van der Waals surface area contributed by atoms with Crippen molar-refractivity contribution in [2.45, 2.75) is 6.92 Å². The summed E-state index contributed by atoms with van der Waals surface area (Å²) in [5, 5.41) is 1.13. The number of hydrogen-bond acceptors (Lipinski definition) is 3. The highest BCUT2D eigenvalue weighted by atomic mass is 16.3. The summed E-state index contributed by atoms with van der Waals surface area (Å²) >= 11 is 0. The van der Waals surface area contributed by atoms with E-state index < -0.39 is 0 Å². The molecule has 5 aromatic rings. The predicted molar refractivity (Wildman–Crippen MR) is 113 cm³/mol. The van der Waals surface area contributed by atoms with E-state index in [2.05, 4.69) is 47.2 Å². The molecule has 0 atom stereocenters. The third kappa shape index (κ3) is 2.87. The van der Waals surface area contributed by atoms with Crippen LogP contribution in [0.15, 0.2) is 95.8 Å². The Kier molecular flexibility index (Phi) is 3.99. The van der Waals surface area contributed by atoms with Crippen LogP contribution in [0.3, 0.4) is 0 Å². The molecule has 0 fully saturated rings. The minimum Gasteiger partial charge on any atom is -0.456 e. The van der Waals surface area contributed by atoms with Gasteiger partial charge >= 0.3 is 0 Å². The molecule has 0 saturated heterocycles. The highest BCUT2D eigenvalue weighted by Gasteiger charge is 2.14. The molecule has 2 aromatic carbocycles. The van der Waals surface area contributed by atoms with Gasteiger partial charge in [0.2, 0.25) is 0 Å². The van der Waals surface area contributed by atoms with Gasteiger partial charge in [0.15, 0.2) is 0 Å². The Morgan fingerprint density at radius 2 is 1.54 bits per heavy atom. The van der Waals surface area contributed by atoms with Crippen molar-refractivity contribution in [1.29, 1.82) is 0 Å². The van der Waals surface area contributed by atoms with Crippen LogP contribution < -0.4 is 0 Å². The van der Waals surface area contributed by atoms with E-state index in [1.165, 1.54) is 0 Å². The van der Waals surface area contributed by atoms with Gasteiger partial charge in [-0.3, -0.25) is 9.97 Å². The van der Waals surface area contributed by atoms with Crippen LogP contribution in [-0.4, -0.2) is 9.97 Å². The van der Waals surface area contributed by atoms with Crippen LogP contribution in [0.4, 0.5) is 0 Å². The zero-order valence-corrected chi connectivity index (χ0v) is 15.5. The average molecular weight is 362 g/mol. The highest BCUT2D eigenvalue weighted by Crippen LogP contribution is 2.36. The molecule has 0 aliphatic carbocycles. The number of benzene rings is 2. The first-order chi connectivity index (χ1) is 13.8. The second-order valence-electron chi connectivity index (χ2n) is 6.80. The van der Waals surface area contributed by atoms with Gasteiger partial charge in [0.05, 0.1) is 5.69 Å². The first-order valence-corrected chi connectivity index (χ1v) is 9.25. The molecule has 0 bridgehead atoms. The lowest BCUT2D eigenvalue weighted by Gasteiger charge is -2.04. The third-order valence-corrected chi connectivity index (χ3v) is 5.04. The van der Waals surface area contributed by atoms with Gasteiger partial charge in [-0.1, -0.05) is 30.3 Å². The van der Waals surface area contributed by atoms with Gasteiger partial charge in [0, 0.05) is 40.7 Å². The summed E-state index contributed by atoms with van der Waals surface area (Å²) < 4.78 is 6.23. The number of aryl methyl sites for hydroxylation is 1. The van der Waals surface area contributed by atoms with Crippen molar-refractivity contribution in [1.82, 2.24) is 9.97 Å². The fraction of sp³-hybridized carbons (Fsp3) is 0.0400. The highest BCUT2D eigenvalue weighted by molar-refractivity contribution is 5.91. The number of furan rings is 1. The first-order valence-electron chi connectivity index (χ1n) is 9.25. The van der Waals surface area contributed by atoms with E-state index in [1.807, 2.05) is 61.1 Å². The molecule has 134 valence electrons. The Morgan fingerprint density at radius 3 is 2.36 bits per heavy atom. The Labute approximate surface area is 163 Å². The molecule has 3 heterocycles. The summed E-state index contributed by atoms with van der Waals surface area (Å²) in [5.74, 6) is 0.902. The van der Waals surface area contributed by atoms with Crippen molar-refractivity contribution in [3.8, 4) is 33.7 Å². The molecular formula is C25H18N2O. The number of pyridine rings is 2. The fourth-order valence-electron chi connectivity index (χ4n) is 3.57. The molecule has 0 aliphatic heterocycles. The van der Waals surface area contributed by atoms with E-state index >= 15 is 0 Å². The van der Waals surface area contributed by atoms with Crippen molar-refractivity contribution in [2.75, 3.05) is 0 Å². The van der Waals surface area contributed by atoms with Gasteiger partial charge < -0.3 is 4.42 Å². The maximum Gasteiger partial charge on any atom is 0.138 e. The molecule has 0 N–H and O–H groups in total. The van der Waals surface area contributed by atoms with E-state index in [9.17, 15) is 0 Å². The van der Waals surface area contributed by atoms with E-state index in [0.717, 1.165) is 50.2 Å². The van der Waals surface area contributed by atoms with Crippen molar-refractivity contribution in [2.24, 2.45) is 0 Å². The normalized spacial score (nSPS) is 11.0. The summed E-state index contributed by atoms with van der Waals surface area (Å²) in [6, 6.07) is 24.7. The maximum absolute atomic E-state index is 6.23. The van der Waals surface area contributed by atoms with Crippen molar-refractivity contribution < 1.29 is 4.42 Å². The van der Waals surface area contributed by atoms with E-state index in [1.54, 1.807) is 0 Å². The average Bonchev–Trinajstić information content (AvgIpc) is 3.11. The van der Waals surface area contributed by atoms with Crippen LogP contribution in [0.25, 0.3) is 44.7 Å². The van der Waals surface area contributed by atoms with E-state index in [4.69, 9.17) is 4.42 Å². The number of rotatable bonds is 3. The van der Waals surface area contributed by atoms with Crippen LogP contribution in [0.5, 0.6) is 0 Å². The number of hydrogen-bond donors (Lipinski definition) is 0. The number of fused-ring (bicyclic) bond motifs is 1. The first kappa shape index (κ1) is 16.5. The summed E-state index contributed by atoms with van der Waals surface area (Å²) in [4.78, 5) is 8.56. The molecule has 0 unspecified atom stereocenters. The van der Waals surface area contributed by atoms with Crippen molar-refractivity contribution in [3.05, 3.63) is 97.0 Å². The fourth-order valence-corrected chi connectivity index (χ4v) is 3.57. The summed E-state index contributed by atoms with van der Waals surface area (Å²) in [6.45, 7) is 2.12. The van der Waals surface area contributed by atoms with Crippen LogP contribution >= 0.6 is 0 Å². The Morgan fingerprint density at radius 1 is 0.679 bits per heavy atom. The predicted octanol–water partition coefficient (Wildman–Crippen LogP) is 6.53. The van der Waals surface area contributed by atoms with Gasteiger partial charge in [-0.05, 0) is 60.5 Å². The summed E-state index contributed by atoms with van der Waals surface area (Å²) in [7, 11) is 0. The molecule has 0 amide bonds. The van der Waals surface area contributed by atoms with Crippen LogP contribution in [-0.2, 0) is 0 Å². The van der Waals surface area contributed by atoms with Crippen LogP contribution in [0.1, 0.15) is 5.56 Å². The summed E-state index contributed by atoms with van der Waals surface area (Å²) in [5.41, 5.74) is 7.44. The van der Waals surface area contributed by atoms with Gasteiger partial charge in [0.25, 0.3) is 0 Å². The largest absolute Gasteiger partial charge is 0.456 e.